The molecule has 0 spiro atoms. The Bertz CT molecular complexity index is 278. The van der Waals surface area contributed by atoms with E-state index in [1.54, 1.807) is 7.11 Å². The average Bonchev–Trinajstić information content (AvgIpc) is 2.40. The van der Waals surface area contributed by atoms with Gasteiger partial charge in [0.1, 0.15) is 5.54 Å². The first-order valence-electron chi connectivity index (χ1n) is 7.10. The first-order valence-corrected chi connectivity index (χ1v) is 7.10. The van der Waals surface area contributed by atoms with Crippen molar-refractivity contribution in [1.82, 2.24) is 10.2 Å². The highest BCUT2D eigenvalue weighted by molar-refractivity contribution is 5.80. The third-order valence-corrected chi connectivity index (χ3v) is 3.85. The van der Waals surface area contributed by atoms with E-state index in [1.807, 2.05) is 13.8 Å². The monoisotopic (exact) mass is 272 g/mol. The van der Waals surface area contributed by atoms with Crippen LogP contribution in [0.5, 0.6) is 0 Å². The third kappa shape index (κ3) is 4.75. The van der Waals surface area contributed by atoms with Gasteiger partial charge in [-0.15, -0.1) is 0 Å². The van der Waals surface area contributed by atoms with Crippen LogP contribution >= 0.6 is 0 Å². The van der Waals surface area contributed by atoms with Crippen molar-refractivity contribution in [2.45, 2.75) is 32.2 Å². The predicted molar refractivity (Wildman–Crippen MR) is 75.1 cm³/mol. The molecule has 0 aromatic carbocycles. The standard InChI is InChI=1S/C14H28N2O3/c1-5-15-14(2,13(17)19-4)11-16-8-6-12(7-9-16)10-18-3/h12,15H,5-11H2,1-4H3. The summed E-state index contributed by atoms with van der Waals surface area (Å²) in [5, 5.41) is 3.25. The summed E-state index contributed by atoms with van der Waals surface area (Å²) in [6.07, 6.45) is 2.27. The maximum absolute atomic E-state index is 11.9. The second-order valence-corrected chi connectivity index (χ2v) is 5.53. The Hall–Kier alpha value is -0.650. The number of likely N-dealkylation sites (N-methyl/N-ethyl adjacent to an activating group) is 1. The maximum Gasteiger partial charge on any atom is 0.327 e. The molecule has 0 amide bonds. The smallest absolute Gasteiger partial charge is 0.327 e. The zero-order valence-electron chi connectivity index (χ0n) is 12.7. The highest BCUT2D eigenvalue weighted by Crippen LogP contribution is 2.19. The second-order valence-electron chi connectivity index (χ2n) is 5.53. The molecule has 0 bridgehead atoms. The second kappa shape index (κ2) is 7.82. The fourth-order valence-corrected chi connectivity index (χ4v) is 2.80. The Balaban J connectivity index is 2.50. The van der Waals surface area contributed by atoms with Crippen molar-refractivity contribution >= 4 is 5.97 Å². The van der Waals surface area contributed by atoms with Crippen LogP contribution in [-0.2, 0) is 14.3 Å². The quantitative estimate of drug-likeness (QED) is 0.697. The summed E-state index contributed by atoms with van der Waals surface area (Å²) in [6.45, 7) is 8.27. The van der Waals surface area contributed by atoms with E-state index in [-0.39, 0.29) is 5.97 Å². The first kappa shape index (κ1) is 16.4. The number of nitrogens with one attached hydrogen (secondary N) is 1. The molecule has 1 fully saturated rings. The Kier molecular flexibility index (Phi) is 6.75. The number of likely N-dealkylation sites (tertiary alicyclic amines) is 1. The molecular formula is C14H28N2O3. The van der Waals surface area contributed by atoms with Crippen molar-refractivity contribution in [3.63, 3.8) is 0 Å². The molecule has 1 rings (SSSR count). The zero-order chi connectivity index (χ0) is 14.3. The molecule has 1 unspecified atom stereocenters. The topological polar surface area (TPSA) is 50.8 Å². The lowest BCUT2D eigenvalue weighted by Crippen LogP contribution is -2.58. The number of methoxy groups -OCH3 is 2. The third-order valence-electron chi connectivity index (χ3n) is 3.85. The molecule has 1 N–H and O–H groups in total. The predicted octanol–water partition coefficient (Wildman–Crippen LogP) is 0.886. The van der Waals surface area contributed by atoms with Crippen molar-refractivity contribution in [2.75, 3.05) is 47.0 Å². The van der Waals surface area contributed by atoms with Crippen molar-refractivity contribution in [1.29, 1.82) is 0 Å². The first-order chi connectivity index (χ1) is 9.05. The van der Waals surface area contributed by atoms with Crippen LogP contribution in [0.25, 0.3) is 0 Å². The molecular weight excluding hydrogens is 244 g/mol. The molecule has 1 atom stereocenters. The highest BCUT2D eigenvalue weighted by Gasteiger charge is 2.36. The summed E-state index contributed by atoms with van der Waals surface area (Å²) in [5.74, 6) is 0.470. The number of nitrogens with zero attached hydrogens (tertiary/aromatic N) is 1. The lowest BCUT2D eigenvalue weighted by molar-refractivity contribution is -0.149. The normalized spacial score (nSPS) is 21.1. The molecule has 112 valence electrons. The van der Waals surface area contributed by atoms with Gasteiger partial charge in [0, 0.05) is 20.3 Å². The van der Waals surface area contributed by atoms with Crippen LogP contribution in [-0.4, -0.2) is 63.4 Å². The Morgan fingerprint density at radius 1 is 1.37 bits per heavy atom. The summed E-state index contributed by atoms with van der Waals surface area (Å²) in [6, 6.07) is 0. The van der Waals surface area contributed by atoms with E-state index in [2.05, 4.69) is 10.2 Å². The minimum absolute atomic E-state index is 0.187. The van der Waals surface area contributed by atoms with Crippen LogP contribution in [0, 0.1) is 5.92 Å². The van der Waals surface area contributed by atoms with E-state index in [1.165, 1.54) is 7.11 Å². The minimum atomic E-state index is -0.613. The van der Waals surface area contributed by atoms with Crippen LogP contribution in [0.15, 0.2) is 0 Å². The number of hydrogen-bond donors (Lipinski definition) is 1. The van der Waals surface area contributed by atoms with E-state index in [9.17, 15) is 4.79 Å². The van der Waals surface area contributed by atoms with Gasteiger partial charge in [0.2, 0.25) is 0 Å². The van der Waals surface area contributed by atoms with Gasteiger partial charge >= 0.3 is 5.97 Å². The van der Waals surface area contributed by atoms with Gasteiger partial charge in [0.05, 0.1) is 7.11 Å². The van der Waals surface area contributed by atoms with Crippen LogP contribution in [0.3, 0.4) is 0 Å². The number of carbonyl (C=O) groups is 1. The van der Waals surface area contributed by atoms with E-state index >= 15 is 0 Å². The lowest BCUT2D eigenvalue weighted by atomic mass is 9.95. The van der Waals surface area contributed by atoms with Gasteiger partial charge in [0.25, 0.3) is 0 Å². The zero-order valence-corrected chi connectivity index (χ0v) is 12.7. The Morgan fingerprint density at radius 3 is 2.47 bits per heavy atom. The summed E-state index contributed by atoms with van der Waals surface area (Å²) in [7, 11) is 3.20. The molecule has 1 heterocycles. The molecule has 1 aliphatic heterocycles. The number of piperidine rings is 1. The summed E-state index contributed by atoms with van der Waals surface area (Å²) in [5.41, 5.74) is -0.613. The van der Waals surface area contributed by atoms with Gasteiger partial charge in [-0.1, -0.05) is 6.92 Å². The van der Waals surface area contributed by atoms with Crippen LogP contribution < -0.4 is 5.32 Å². The molecule has 1 aliphatic rings. The van der Waals surface area contributed by atoms with Gasteiger partial charge in [-0.2, -0.15) is 0 Å². The Labute approximate surface area is 116 Å². The highest BCUT2D eigenvalue weighted by atomic mass is 16.5. The van der Waals surface area contributed by atoms with Gasteiger partial charge in [-0.25, -0.2) is 0 Å². The number of ether oxygens (including phenoxy) is 2. The fourth-order valence-electron chi connectivity index (χ4n) is 2.80. The molecule has 5 heteroatoms. The largest absolute Gasteiger partial charge is 0.468 e. The lowest BCUT2D eigenvalue weighted by Gasteiger charge is -2.37. The van der Waals surface area contributed by atoms with E-state index in [0.29, 0.717) is 12.5 Å². The molecule has 5 nitrogen and oxygen atoms in total. The van der Waals surface area contributed by atoms with Crippen molar-refractivity contribution in [3.05, 3.63) is 0 Å². The van der Waals surface area contributed by atoms with Crippen LogP contribution in [0.2, 0.25) is 0 Å². The van der Waals surface area contributed by atoms with Gasteiger partial charge < -0.3 is 19.7 Å². The van der Waals surface area contributed by atoms with Crippen molar-refractivity contribution in [2.24, 2.45) is 5.92 Å². The number of esters is 1. The number of rotatable bonds is 7. The number of hydrogen-bond acceptors (Lipinski definition) is 5. The summed E-state index contributed by atoms with van der Waals surface area (Å²) < 4.78 is 10.1. The minimum Gasteiger partial charge on any atom is -0.468 e. The van der Waals surface area contributed by atoms with Gasteiger partial charge in [-0.3, -0.25) is 4.79 Å². The molecule has 0 saturated carbocycles. The van der Waals surface area contributed by atoms with Crippen LogP contribution in [0.1, 0.15) is 26.7 Å². The van der Waals surface area contributed by atoms with Crippen molar-refractivity contribution in [3.8, 4) is 0 Å². The Morgan fingerprint density at radius 2 is 2.00 bits per heavy atom. The van der Waals surface area contributed by atoms with Gasteiger partial charge in [0.15, 0.2) is 0 Å². The van der Waals surface area contributed by atoms with Gasteiger partial charge in [-0.05, 0) is 45.3 Å². The molecule has 19 heavy (non-hydrogen) atoms. The maximum atomic E-state index is 11.9. The molecule has 0 aliphatic carbocycles. The van der Waals surface area contributed by atoms with E-state index < -0.39 is 5.54 Å². The average molecular weight is 272 g/mol. The summed E-state index contributed by atoms with van der Waals surface area (Å²) in [4.78, 5) is 14.3. The number of carbonyl (C=O) groups excluding carboxylic acids is 1. The van der Waals surface area contributed by atoms with E-state index in [4.69, 9.17) is 9.47 Å². The van der Waals surface area contributed by atoms with E-state index in [0.717, 1.165) is 39.1 Å². The molecule has 0 aromatic heterocycles. The van der Waals surface area contributed by atoms with Crippen molar-refractivity contribution < 1.29 is 14.3 Å². The SMILES string of the molecule is CCNC(C)(CN1CCC(COC)CC1)C(=O)OC. The van der Waals surface area contributed by atoms with Crippen LogP contribution in [0.4, 0.5) is 0 Å². The fraction of sp³-hybridized carbons (Fsp3) is 0.929. The molecule has 1 saturated heterocycles. The summed E-state index contributed by atoms with van der Waals surface area (Å²) >= 11 is 0. The molecule has 0 radical (unpaired) electrons. The molecule has 0 aromatic rings.